The van der Waals surface area contributed by atoms with Gasteiger partial charge in [-0.25, -0.2) is 0 Å². The molecule has 17 heavy (non-hydrogen) atoms. The second-order valence-electron chi connectivity index (χ2n) is 4.94. The number of likely N-dealkylation sites (tertiary alicyclic amines) is 1. The summed E-state index contributed by atoms with van der Waals surface area (Å²) in [6.45, 7) is 7.75. The van der Waals surface area contributed by atoms with E-state index >= 15 is 0 Å². The molecule has 5 heteroatoms. The van der Waals surface area contributed by atoms with Crippen LogP contribution >= 0.6 is 0 Å². The fourth-order valence-electron chi connectivity index (χ4n) is 2.48. The number of nitrogens with zero attached hydrogens (tertiary/aromatic N) is 3. The largest absolute Gasteiger partial charge is 0.396 e. The van der Waals surface area contributed by atoms with E-state index in [4.69, 9.17) is 5.73 Å². The summed E-state index contributed by atoms with van der Waals surface area (Å²) in [6.07, 6.45) is 2.78. The predicted molar refractivity (Wildman–Crippen MR) is 66.6 cm³/mol. The zero-order valence-corrected chi connectivity index (χ0v) is 10.7. The topological polar surface area (TPSA) is 64.2 Å². The van der Waals surface area contributed by atoms with Crippen LogP contribution in [-0.2, 0) is 6.54 Å². The van der Waals surface area contributed by atoms with Gasteiger partial charge < -0.3 is 10.6 Å². The van der Waals surface area contributed by atoms with E-state index < -0.39 is 0 Å². The Morgan fingerprint density at radius 1 is 1.59 bits per heavy atom. The van der Waals surface area contributed by atoms with Gasteiger partial charge in [-0.3, -0.25) is 9.48 Å². The third-order valence-corrected chi connectivity index (χ3v) is 3.36. The van der Waals surface area contributed by atoms with Gasteiger partial charge in [0.2, 0.25) is 0 Å². The Balaban J connectivity index is 2.22. The molecule has 0 saturated carbocycles. The van der Waals surface area contributed by atoms with Gasteiger partial charge in [-0.2, -0.15) is 5.10 Å². The molecule has 0 radical (unpaired) electrons. The summed E-state index contributed by atoms with van der Waals surface area (Å²) in [6, 6.07) is 0.281. The van der Waals surface area contributed by atoms with Crippen LogP contribution in [0.1, 0.15) is 37.7 Å². The number of hydrogen-bond donors (Lipinski definition) is 1. The van der Waals surface area contributed by atoms with Crippen molar-refractivity contribution in [1.29, 1.82) is 0 Å². The quantitative estimate of drug-likeness (QED) is 0.843. The smallest absolute Gasteiger partial charge is 0.276 e. The molecule has 1 aliphatic heterocycles. The van der Waals surface area contributed by atoms with E-state index in [-0.39, 0.29) is 11.9 Å². The normalized spacial score (nSPS) is 24.3. The second kappa shape index (κ2) is 4.39. The predicted octanol–water partition coefficient (Wildman–Crippen LogP) is 1.36. The maximum absolute atomic E-state index is 12.3. The van der Waals surface area contributed by atoms with Gasteiger partial charge in [0.25, 0.3) is 5.91 Å². The third-order valence-electron chi connectivity index (χ3n) is 3.36. The first-order valence-electron chi connectivity index (χ1n) is 6.16. The Morgan fingerprint density at radius 2 is 2.29 bits per heavy atom. The molecule has 1 aromatic rings. The molecule has 2 atom stereocenters. The lowest BCUT2D eigenvalue weighted by Crippen LogP contribution is -2.34. The summed E-state index contributed by atoms with van der Waals surface area (Å²) >= 11 is 0. The number of aromatic nitrogens is 2. The van der Waals surface area contributed by atoms with E-state index in [1.165, 1.54) is 0 Å². The van der Waals surface area contributed by atoms with Crippen LogP contribution in [0.2, 0.25) is 0 Å². The van der Waals surface area contributed by atoms with Crippen molar-refractivity contribution in [3.63, 3.8) is 0 Å². The van der Waals surface area contributed by atoms with Crippen molar-refractivity contribution in [2.45, 2.75) is 39.8 Å². The molecule has 0 spiro atoms. The molecule has 1 saturated heterocycles. The number of hydrogen-bond acceptors (Lipinski definition) is 3. The summed E-state index contributed by atoms with van der Waals surface area (Å²) in [5, 5.41) is 4.23. The molecular weight excluding hydrogens is 216 g/mol. The van der Waals surface area contributed by atoms with Gasteiger partial charge in [0.15, 0.2) is 5.69 Å². The minimum atomic E-state index is -0.0356. The molecule has 0 aromatic carbocycles. The van der Waals surface area contributed by atoms with Gasteiger partial charge >= 0.3 is 0 Å². The Labute approximate surface area is 102 Å². The monoisotopic (exact) mass is 236 g/mol. The summed E-state index contributed by atoms with van der Waals surface area (Å²) in [5.74, 6) is 0.523. The highest BCUT2D eigenvalue weighted by Crippen LogP contribution is 2.25. The highest BCUT2D eigenvalue weighted by atomic mass is 16.2. The van der Waals surface area contributed by atoms with E-state index in [0.29, 0.717) is 17.3 Å². The van der Waals surface area contributed by atoms with E-state index in [2.05, 4.69) is 18.9 Å². The highest BCUT2D eigenvalue weighted by molar-refractivity contribution is 5.97. The van der Waals surface area contributed by atoms with Crippen molar-refractivity contribution in [3.8, 4) is 0 Å². The van der Waals surface area contributed by atoms with Gasteiger partial charge in [-0.15, -0.1) is 0 Å². The molecule has 94 valence electrons. The van der Waals surface area contributed by atoms with Crippen molar-refractivity contribution in [3.05, 3.63) is 11.9 Å². The second-order valence-corrected chi connectivity index (χ2v) is 4.94. The SMILES string of the molecule is CCn1cc(N)c(C(=O)N2CC(C)CC2C)n1. The molecule has 2 N–H and O–H groups in total. The maximum Gasteiger partial charge on any atom is 0.276 e. The number of aryl methyl sites for hydroxylation is 1. The Hall–Kier alpha value is -1.52. The molecule has 1 aliphatic rings. The number of amides is 1. The number of carbonyl (C=O) groups excluding carboxylic acids is 1. The van der Waals surface area contributed by atoms with Gasteiger partial charge in [0.1, 0.15) is 0 Å². The average molecular weight is 236 g/mol. The third kappa shape index (κ3) is 2.14. The molecule has 1 amide bonds. The van der Waals surface area contributed by atoms with E-state index in [1.807, 2.05) is 11.8 Å². The zero-order chi connectivity index (χ0) is 12.6. The molecule has 1 fully saturated rings. The van der Waals surface area contributed by atoms with E-state index in [0.717, 1.165) is 19.5 Å². The number of nitrogen functional groups attached to an aromatic ring is 1. The van der Waals surface area contributed by atoms with Crippen LogP contribution in [-0.4, -0.2) is 33.2 Å². The maximum atomic E-state index is 12.3. The molecule has 0 aliphatic carbocycles. The van der Waals surface area contributed by atoms with Gasteiger partial charge in [-0.05, 0) is 26.2 Å². The standard InChI is InChI=1S/C12H20N4O/c1-4-15-7-10(13)11(14-15)12(17)16-6-8(2)5-9(16)3/h7-9H,4-6,13H2,1-3H3. The highest BCUT2D eigenvalue weighted by Gasteiger charge is 2.32. The first-order valence-corrected chi connectivity index (χ1v) is 6.16. The molecule has 1 aromatic heterocycles. The lowest BCUT2D eigenvalue weighted by molar-refractivity contribution is 0.0738. The summed E-state index contributed by atoms with van der Waals surface area (Å²) in [7, 11) is 0. The molecule has 0 bridgehead atoms. The molecule has 2 rings (SSSR count). The van der Waals surface area contributed by atoms with E-state index in [1.54, 1.807) is 10.9 Å². The lowest BCUT2D eigenvalue weighted by atomic mass is 10.1. The van der Waals surface area contributed by atoms with Gasteiger partial charge in [0.05, 0.1) is 5.69 Å². The van der Waals surface area contributed by atoms with Gasteiger partial charge in [0, 0.05) is 25.3 Å². The minimum Gasteiger partial charge on any atom is -0.396 e. The van der Waals surface area contributed by atoms with Crippen LogP contribution < -0.4 is 5.73 Å². The molecular formula is C12H20N4O. The first kappa shape index (κ1) is 12.0. The number of carbonyl (C=O) groups is 1. The number of rotatable bonds is 2. The van der Waals surface area contributed by atoms with Crippen LogP contribution in [0.15, 0.2) is 6.20 Å². The first-order chi connectivity index (χ1) is 8.02. The van der Waals surface area contributed by atoms with Crippen LogP contribution in [0, 0.1) is 5.92 Å². The van der Waals surface area contributed by atoms with E-state index in [9.17, 15) is 4.79 Å². The minimum absolute atomic E-state index is 0.0356. The summed E-state index contributed by atoms with van der Waals surface area (Å²) < 4.78 is 1.70. The van der Waals surface area contributed by atoms with Crippen molar-refractivity contribution in [2.24, 2.45) is 5.92 Å². The zero-order valence-electron chi connectivity index (χ0n) is 10.7. The van der Waals surface area contributed by atoms with Crippen LogP contribution in [0.25, 0.3) is 0 Å². The summed E-state index contributed by atoms with van der Waals surface area (Å²) in [5.41, 5.74) is 6.71. The average Bonchev–Trinajstić information content (AvgIpc) is 2.81. The Morgan fingerprint density at radius 3 is 2.76 bits per heavy atom. The number of anilines is 1. The molecule has 5 nitrogen and oxygen atoms in total. The van der Waals surface area contributed by atoms with Crippen molar-refractivity contribution < 1.29 is 4.79 Å². The van der Waals surface area contributed by atoms with Gasteiger partial charge in [-0.1, -0.05) is 6.92 Å². The number of nitrogens with two attached hydrogens (primary N) is 1. The van der Waals surface area contributed by atoms with Crippen LogP contribution in [0.3, 0.4) is 0 Å². The Bertz CT molecular complexity index is 426. The fraction of sp³-hybridized carbons (Fsp3) is 0.667. The van der Waals surface area contributed by atoms with Crippen molar-refractivity contribution >= 4 is 11.6 Å². The van der Waals surface area contributed by atoms with Crippen LogP contribution in [0.4, 0.5) is 5.69 Å². The van der Waals surface area contributed by atoms with Crippen molar-refractivity contribution in [1.82, 2.24) is 14.7 Å². The lowest BCUT2D eigenvalue weighted by Gasteiger charge is -2.20. The fourth-order valence-corrected chi connectivity index (χ4v) is 2.48. The van der Waals surface area contributed by atoms with Crippen LogP contribution in [0.5, 0.6) is 0 Å². The molecule has 2 unspecified atom stereocenters. The molecule has 2 heterocycles. The Kier molecular flexibility index (Phi) is 3.09. The van der Waals surface area contributed by atoms with Crippen molar-refractivity contribution in [2.75, 3.05) is 12.3 Å². The summed E-state index contributed by atoms with van der Waals surface area (Å²) in [4.78, 5) is 14.2.